The maximum Gasteiger partial charge on any atom is 0.182 e. The summed E-state index contributed by atoms with van der Waals surface area (Å²) in [6, 6.07) is 0. The Labute approximate surface area is 112 Å². The molecule has 0 fully saturated rings. The number of thioether (sulfide) groups is 1. The van der Waals surface area contributed by atoms with Gasteiger partial charge in [0.2, 0.25) is 0 Å². The van der Waals surface area contributed by atoms with Crippen molar-refractivity contribution in [2.75, 3.05) is 20.4 Å². The quantitative estimate of drug-likeness (QED) is 0.313. The summed E-state index contributed by atoms with van der Waals surface area (Å²) in [6.45, 7) is 3.63. The van der Waals surface area contributed by atoms with Crippen LogP contribution in [0.3, 0.4) is 0 Å². The summed E-state index contributed by atoms with van der Waals surface area (Å²) in [4.78, 5) is 0. The van der Waals surface area contributed by atoms with Crippen LogP contribution < -0.4 is 10.6 Å². The maximum absolute atomic E-state index is 4.05. The largest absolute Gasteiger partial charge is 0.366 e. The highest BCUT2D eigenvalue weighted by molar-refractivity contribution is 8.13. The number of nitrogens with zero attached hydrogens (tertiary/aromatic N) is 4. The molecule has 17 heavy (non-hydrogen) atoms. The second kappa shape index (κ2) is 9.06. The van der Waals surface area contributed by atoms with Crippen LogP contribution in [0.4, 0.5) is 0 Å². The van der Waals surface area contributed by atoms with Crippen LogP contribution in [0, 0.1) is 0 Å². The van der Waals surface area contributed by atoms with Gasteiger partial charge in [-0.15, -0.1) is 22.8 Å². The lowest BCUT2D eigenvalue weighted by Crippen LogP contribution is -2.14. The van der Waals surface area contributed by atoms with Gasteiger partial charge in [0, 0.05) is 14.1 Å². The topological polar surface area (TPSA) is 73.5 Å². The Bertz CT molecular complexity index is 352. The summed E-state index contributed by atoms with van der Waals surface area (Å²) >= 11 is 5.53. The highest BCUT2D eigenvalue weighted by Crippen LogP contribution is 1.95. The molecule has 6 nitrogen and oxygen atoms in total. The van der Waals surface area contributed by atoms with Crippen LogP contribution in [0.1, 0.15) is 13.8 Å². The molecule has 0 aliphatic rings. The first-order chi connectivity index (χ1) is 8.04. The number of hydrogen-bond acceptors (Lipinski definition) is 5. The standard InChI is InChI=1S/C9H18N6S2/c1-6(12-14-8(16)10-3)7(2)13-15-9(11-4)17-5/h1-5H3,(H,11,15)(H2,10,14,16)/b12-6+,13-7+. The summed E-state index contributed by atoms with van der Waals surface area (Å²) in [5, 5.41) is 22.7. The Hall–Kier alpha value is -1.02. The molecule has 0 saturated carbocycles. The lowest BCUT2D eigenvalue weighted by atomic mass is 10.3. The molecule has 0 atom stereocenters. The van der Waals surface area contributed by atoms with E-state index < -0.39 is 0 Å². The van der Waals surface area contributed by atoms with Crippen molar-refractivity contribution in [3.05, 3.63) is 0 Å². The highest BCUT2D eigenvalue weighted by atomic mass is 32.2. The normalized spacial score (nSPS) is 14.9. The molecule has 0 aliphatic carbocycles. The molecule has 0 rings (SSSR count). The van der Waals surface area contributed by atoms with Gasteiger partial charge >= 0.3 is 0 Å². The lowest BCUT2D eigenvalue weighted by molar-refractivity contribution is 1.13. The summed E-state index contributed by atoms with van der Waals surface area (Å²) in [5.74, 6) is 0. The minimum absolute atomic E-state index is 0.445. The van der Waals surface area contributed by atoms with Crippen molar-refractivity contribution in [1.82, 2.24) is 10.6 Å². The first-order valence-corrected chi connectivity index (χ1v) is 6.55. The minimum atomic E-state index is 0.445. The van der Waals surface area contributed by atoms with Crippen molar-refractivity contribution in [2.24, 2.45) is 20.4 Å². The molecule has 0 aromatic rings. The van der Waals surface area contributed by atoms with Gasteiger partial charge in [0.1, 0.15) is 0 Å². The summed E-state index contributed by atoms with van der Waals surface area (Å²) in [5.41, 5.74) is 1.39. The van der Waals surface area contributed by atoms with Crippen LogP contribution in [0.5, 0.6) is 0 Å². The summed E-state index contributed by atoms with van der Waals surface area (Å²) in [7, 11) is 3.52. The van der Waals surface area contributed by atoms with E-state index in [4.69, 9.17) is 0 Å². The van der Waals surface area contributed by atoms with Gasteiger partial charge in [-0.05, 0) is 20.1 Å². The van der Waals surface area contributed by atoms with Crippen molar-refractivity contribution in [1.29, 1.82) is 0 Å². The summed E-state index contributed by atoms with van der Waals surface area (Å²) in [6.07, 6.45) is 1.92. The second-order valence-corrected chi connectivity index (χ2v) is 4.12. The van der Waals surface area contributed by atoms with E-state index in [0.717, 1.165) is 5.17 Å². The van der Waals surface area contributed by atoms with Gasteiger partial charge in [0.05, 0.1) is 11.4 Å². The number of hydrogen-bond donors (Lipinski definition) is 3. The third kappa shape index (κ3) is 7.01. The van der Waals surface area contributed by atoms with Crippen molar-refractivity contribution in [3.63, 3.8) is 0 Å². The fourth-order valence-corrected chi connectivity index (χ4v) is 1.00. The minimum Gasteiger partial charge on any atom is -0.366 e. The number of amidine groups is 2. The molecule has 0 bridgehead atoms. The Balaban J connectivity index is 4.75. The zero-order chi connectivity index (χ0) is 13.3. The van der Waals surface area contributed by atoms with E-state index in [-0.39, 0.29) is 0 Å². The third-order valence-corrected chi connectivity index (χ3v) is 2.73. The van der Waals surface area contributed by atoms with Crippen LogP contribution in [0.25, 0.3) is 0 Å². The van der Waals surface area contributed by atoms with Gasteiger partial charge in [-0.1, -0.05) is 11.8 Å². The molecule has 0 spiro atoms. The van der Waals surface area contributed by atoms with Crippen LogP contribution in [0.2, 0.25) is 0 Å². The van der Waals surface area contributed by atoms with Crippen molar-refractivity contribution in [2.45, 2.75) is 13.8 Å². The van der Waals surface area contributed by atoms with Crippen molar-refractivity contribution < 1.29 is 0 Å². The van der Waals surface area contributed by atoms with Crippen molar-refractivity contribution in [3.8, 4) is 0 Å². The average molecular weight is 274 g/mol. The first-order valence-electron chi connectivity index (χ1n) is 4.88. The van der Waals surface area contributed by atoms with Crippen LogP contribution >= 0.6 is 24.4 Å². The van der Waals surface area contributed by atoms with Crippen LogP contribution in [-0.2, 0) is 0 Å². The molecule has 8 heteroatoms. The molecular formula is C9H18N6S2. The zero-order valence-electron chi connectivity index (χ0n) is 10.6. The monoisotopic (exact) mass is 274 g/mol. The van der Waals surface area contributed by atoms with E-state index in [0.29, 0.717) is 16.6 Å². The molecular weight excluding hydrogens is 256 g/mol. The Kier molecular flexibility index (Phi) is 8.51. The molecule has 0 aromatic carbocycles. The van der Waals surface area contributed by atoms with Gasteiger partial charge in [-0.2, -0.15) is 10.2 Å². The van der Waals surface area contributed by atoms with E-state index in [1.54, 1.807) is 14.1 Å². The Morgan fingerprint density at radius 3 is 1.88 bits per heavy atom. The van der Waals surface area contributed by atoms with Gasteiger partial charge in [-0.25, -0.2) is 0 Å². The van der Waals surface area contributed by atoms with Crippen LogP contribution in [0.15, 0.2) is 20.4 Å². The smallest absolute Gasteiger partial charge is 0.182 e. The van der Waals surface area contributed by atoms with E-state index >= 15 is 0 Å². The van der Waals surface area contributed by atoms with E-state index in [2.05, 4.69) is 43.7 Å². The molecule has 0 radical (unpaired) electrons. The van der Waals surface area contributed by atoms with E-state index in [9.17, 15) is 0 Å². The van der Waals surface area contributed by atoms with Gasteiger partial charge in [0.15, 0.2) is 10.3 Å². The molecule has 2 N–H and O–H groups in total. The molecule has 0 amide bonds. The van der Waals surface area contributed by atoms with E-state index in [1.807, 2.05) is 20.1 Å². The van der Waals surface area contributed by atoms with E-state index in [1.165, 1.54) is 11.8 Å². The molecule has 96 valence electrons. The summed E-state index contributed by atoms with van der Waals surface area (Å²) < 4.78 is 0. The van der Waals surface area contributed by atoms with Crippen LogP contribution in [-0.4, -0.2) is 42.1 Å². The molecule has 0 aliphatic heterocycles. The number of rotatable bonds is 3. The molecule has 0 unspecified atom stereocenters. The second-order valence-electron chi connectivity index (χ2n) is 2.90. The fourth-order valence-electron chi connectivity index (χ4n) is 0.630. The average Bonchev–Trinajstić information content (AvgIpc) is 2.36. The Morgan fingerprint density at radius 2 is 1.47 bits per heavy atom. The lowest BCUT2D eigenvalue weighted by Gasteiger charge is -1.99. The SMILES string of the molecule is CN/C(S)=N/N=C(C)/C(C)=N/N=C(/NC)SC. The van der Waals surface area contributed by atoms with Gasteiger partial charge in [-0.3, -0.25) is 0 Å². The molecule has 0 heterocycles. The zero-order valence-corrected chi connectivity index (χ0v) is 12.4. The predicted octanol–water partition coefficient (Wildman–Crippen LogP) is 1.18. The number of nitrogens with one attached hydrogen (secondary N) is 2. The highest BCUT2D eigenvalue weighted by Gasteiger charge is 1.97. The predicted molar refractivity (Wildman–Crippen MR) is 81.7 cm³/mol. The number of thiol groups is 1. The molecule has 0 aromatic heterocycles. The maximum atomic E-state index is 4.05. The molecule has 0 saturated heterocycles. The third-order valence-electron chi connectivity index (χ3n) is 1.74. The Morgan fingerprint density at radius 1 is 0.941 bits per heavy atom. The fraction of sp³-hybridized carbons (Fsp3) is 0.556. The first kappa shape index (κ1) is 16.0. The van der Waals surface area contributed by atoms with Gasteiger partial charge < -0.3 is 10.6 Å². The van der Waals surface area contributed by atoms with Gasteiger partial charge in [0.25, 0.3) is 0 Å². The van der Waals surface area contributed by atoms with Crippen molar-refractivity contribution >= 4 is 46.1 Å².